The molecule has 1 saturated heterocycles. The fourth-order valence-electron chi connectivity index (χ4n) is 4.48. The molecule has 1 unspecified atom stereocenters. The molecule has 1 amide bonds. The summed E-state index contributed by atoms with van der Waals surface area (Å²) < 4.78 is 49.2. The van der Waals surface area contributed by atoms with Crippen LogP contribution in [-0.4, -0.2) is 31.3 Å². The number of ether oxygens (including phenoxy) is 1. The number of halogens is 1. The predicted octanol–water partition coefficient (Wildman–Crippen LogP) is 4.14. The molecular weight excluding hydrogens is 443 g/mol. The van der Waals surface area contributed by atoms with E-state index in [1.165, 1.54) is 10.4 Å². The monoisotopic (exact) mass is 474 g/mol. The van der Waals surface area contributed by atoms with Gasteiger partial charge in [-0.25, -0.2) is 12.8 Å². The van der Waals surface area contributed by atoms with Crippen molar-refractivity contribution in [2.75, 3.05) is 6.61 Å². The van der Waals surface area contributed by atoms with Crippen LogP contribution in [-0.2, 0) is 26.1 Å². The van der Waals surface area contributed by atoms with Crippen LogP contribution < -0.4 is 5.73 Å². The van der Waals surface area contributed by atoms with E-state index in [0.29, 0.717) is 30.1 Å². The molecule has 0 spiro atoms. The van der Waals surface area contributed by atoms with Gasteiger partial charge < -0.3 is 10.5 Å². The van der Waals surface area contributed by atoms with Crippen molar-refractivity contribution in [2.45, 2.75) is 63.5 Å². The first-order chi connectivity index (χ1) is 15.7. The standard InChI is InChI=1S/C25H31FN2O4S/c1-16-12-21(24(25(27)29)32-15-18-9-10-18)22(26)13-20(16)14-28-17(2)8-11-23(33(28,30)31)19-6-4-3-5-7-19/h3-7,12-13,17-18,23-24H,8-11,14-15H2,1-2H3,(H2,27,29)/t17-,23+,24?/m0/s1. The van der Waals surface area contributed by atoms with Crippen LogP contribution in [0.1, 0.15) is 66.2 Å². The SMILES string of the molecule is Cc1cc(C(OCC2CC2)C(N)=O)c(F)cc1CN1[C@@H](C)CC[C@H](c2ccccc2)S1(=O)=O. The molecule has 1 heterocycles. The smallest absolute Gasteiger partial charge is 0.251 e. The summed E-state index contributed by atoms with van der Waals surface area (Å²) in [7, 11) is -3.63. The Kier molecular flexibility index (Phi) is 6.88. The van der Waals surface area contributed by atoms with Gasteiger partial charge in [0.15, 0.2) is 6.10 Å². The lowest BCUT2D eigenvalue weighted by molar-refractivity contribution is -0.130. The molecule has 1 aliphatic heterocycles. The highest BCUT2D eigenvalue weighted by Crippen LogP contribution is 2.39. The Balaban J connectivity index is 1.59. The average Bonchev–Trinajstić information content (AvgIpc) is 3.59. The zero-order valence-corrected chi connectivity index (χ0v) is 19.9. The Morgan fingerprint density at radius 3 is 2.52 bits per heavy atom. The van der Waals surface area contributed by atoms with Crippen LogP contribution in [0.3, 0.4) is 0 Å². The van der Waals surface area contributed by atoms with E-state index in [1.807, 2.05) is 37.3 Å². The first-order valence-corrected chi connectivity index (χ1v) is 12.9. The Bertz CT molecular complexity index is 1120. The number of primary amides is 1. The number of carbonyl (C=O) groups excluding carboxylic acids is 1. The Morgan fingerprint density at radius 2 is 1.88 bits per heavy atom. The van der Waals surface area contributed by atoms with Gasteiger partial charge in [-0.15, -0.1) is 0 Å². The van der Waals surface area contributed by atoms with Gasteiger partial charge in [0, 0.05) is 18.2 Å². The van der Waals surface area contributed by atoms with Crippen LogP contribution >= 0.6 is 0 Å². The summed E-state index contributed by atoms with van der Waals surface area (Å²) in [6.07, 6.45) is 2.20. The fourth-order valence-corrected chi connectivity index (χ4v) is 6.67. The average molecular weight is 475 g/mol. The van der Waals surface area contributed by atoms with Crippen LogP contribution in [0.2, 0.25) is 0 Å². The summed E-state index contributed by atoms with van der Waals surface area (Å²) in [6.45, 7) is 4.11. The number of sulfonamides is 1. The molecule has 1 saturated carbocycles. The first kappa shape index (κ1) is 23.9. The van der Waals surface area contributed by atoms with Crippen molar-refractivity contribution >= 4 is 15.9 Å². The van der Waals surface area contributed by atoms with Crippen molar-refractivity contribution in [3.05, 3.63) is 70.5 Å². The molecule has 2 aromatic carbocycles. The third-order valence-corrected chi connectivity index (χ3v) is 9.08. The molecule has 6 nitrogen and oxygen atoms in total. The summed E-state index contributed by atoms with van der Waals surface area (Å²) in [6, 6.07) is 11.9. The number of carbonyl (C=O) groups is 1. The molecule has 2 aromatic rings. The van der Waals surface area contributed by atoms with E-state index in [2.05, 4.69) is 0 Å². The minimum absolute atomic E-state index is 0.0695. The van der Waals surface area contributed by atoms with Crippen LogP contribution in [0.25, 0.3) is 0 Å². The normalized spacial score (nSPS) is 23.8. The number of amides is 1. The van der Waals surface area contributed by atoms with E-state index in [0.717, 1.165) is 24.8 Å². The summed E-state index contributed by atoms with van der Waals surface area (Å²) in [5.74, 6) is -0.949. The second-order valence-corrected chi connectivity index (χ2v) is 11.3. The van der Waals surface area contributed by atoms with Crippen LogP contribution in [0, 0.1) is 18.7 Å². The molecule has 0 bridgehead atoms. The maximum absolute atomic E-state index is 15.1. The molecule has 8 heteroatoms. The van der Waals surface area contributed by atoms with E-state index in [1.54, 1.807) is 13.0 Å². The highest BCUT2D eigenvalue weighted by atomic mass is 32.2. The zero-order valence-electron chi connectivity index (χ0n) is 19.0. The van der Waals surface area contributed by atoms with Gasteiger partial charge in [-0.1, -0.05) is 30.3 Å². The highest BCUT2D eigenvalue weighted by molar-refractivity contribution is 7.89. The van der Waals surface area contributed by atoms with Gasteiger partial charge in [-0.3, -0.25) is 4.79 Å². The summed E-state index contributed by atoms with van der Waals surface area (Å²) in [5, 5.41) is -0.616. The molecule has 1 aliphatic carbocycles. The topological polar surface area (TPSA) is 89.7 Å². The summed E-state index contributed by atoms with van der Waals surface area (Å²) >= 11 is 0. The minimum Gasteiger partial charge on any atom is -0.367 e. The van der Waals surface area contributed by atoms with Gasteiger partial charge in [0.1, 0.15) is 11.1 Å². The molecule has 33 heavy (non-hydrogen) atoms. The van der Waals surface area contributed by atoms with Crippen molar-refractivity contribution < 1.29 is 22.3 Å². The Labute approximate surface area is 195 Å². The van der Waals surface area contributed by atoms with E-state index in [4.69, 9.17) is 10.5 Å². The predicted molar refractivity (Wildman–Crippen MR) is 124 cm³/mol. The number of rotatable bonds is 8. The maximum atomic E-state index is 15.1. The summed E-state index contributed by atoms with van der Waals surface area (Å²) in [4.78, 5) is 11.9. The van der Waals surface area contributed by atoms with E-state index < -0.39 is 33.1 Å². The molecule has 2 fully saturated rings. The first-order valence-electron chi connectivity index (χ1n) is 11.4. The molecule has 0 aromatic heterocycles. The lowest BCUT2D eigenvalue weighted by atomic mass is 9.99. The molecular formula is C25H31FN2O4S. The Morgan fingerprint density at radius 1 is 1.18 bits per heavy atom. The number of hydrogen-bond acceptors (Lipinski definition) is 4. The van der Waals surface area contributed by atoms with Gasteiger partial charge in [0.05, 0.1) is 6.61 Å². The Hall–Kier alpha value is -2.29. The number of benzene rings is 2. The maximum Gasteiger partial charge on any atom is 0.251 e. The molecule has 2 N–H and O–H groups in total. The highest BCUT2D eigenvalue weighted by Gasteiger charge is 2.40. The third kappa shape index (κ3) is 5.13. The number of aryl methyl sites for hydroxylation is 1. The van der Waals surface area contributed by atoms with Gasteiger partial charge in [0.25, 0.3) is 5.91 Å². The number of nitrogens with zero attached hydrogens (tertiary/aromatic N) is 1. The molecule has 4 rings (SSSR count). The van der Waals surface area contributed by atoms with E-state index in [-0.39, 0.29) is 18.2 Å². The van der Waals surface area contributed by atoms with Gasteiger partial charge in [0.2, 0.25) is 10.0 Å². The van der Waals surface area contributed by atoms with Crippen molar-refractivity contribution in [1.82, 2.24) is 4.31 Å². The van der Waals surface area contributed by atoms with E-state index in [9.17, 15) is 13.2 Å². The fraction of sp³-hybridized carbons (Fsp3) is 0.480. The van der Waals surface area contributed by atoms with Gasteiger partial charge in [-0.05, 0) is 74.3 Å². The lowest BCUT2D eigenvalue weighted by Gasteiger charge is -2.37. The third-order valence-electron chi connectivity index (χ3n) is 6.71. The van der Waals surface area contributed by atoms with Crippen LogP contribution in [0.4, 0.5) is 4.39 Å². The lowest BCUT2D eigenvalue weighted by Crippen LogP contribution is -2.44. The van der Waals surface area contributed by atoms with Gasteiger partial charge in [-0.2, -0.15) is 4.31 Å². The van der Waals surface area contributed by atoms with Crippen LogP contribution in [0.5, 0.6) is 0 Å². The summed E-state index contributed by atoms with van der Waals surface area (Å²) in [5.41, 5.74) is 7.61. The van der Waals surface area contributed by atoms with Crippen molar-refractivity contribution in [3.63, 3.8) is 0 Å². The molecule has 2 aliphatic rings. The van der Waals surface area contributed by atoms with Crippen LogP contribution in [0.15, 0.2) is 42.5 Å². The largest absolute Gasteiger partial charge is 0.367 e. The minimum atomic E-state index is -3.63. The van der Waals surface area contributed by atoms with Gasteiger partial charge >= 0.3 is 0 Å². The number of nitrogens with two attached hydrogens (primary N) is 1. The second-order valence-electron chi connectivity index (χ2n) is 9.28. The number of hydrogen-bond donors (Lipinski definition) is 1. The van der Waals surface area contributed by atoms with Crippen molar-refractivity contribution in [3.8, 4) is 0 Å². The second kappa shape index (κ2) is 9.52. The van der Waals surface area contributed by atoms with E-state index >= 15 is 4.39 Å². The molecule has 178 valence electrons. The quantitative estimate of drug-likeness (QED) is 0.623. The van der Waals surface area contributed by atoms with Crippen molar-refractivity contribution in [1.29, 1.82) is 0 Å². The van der Waals surface area contributed by atoms with Crippen molar-refractivity contribution in [2.24, 2.45) is 11.7 Å². The molecule has 3 atom stereocenters. The zero-order chi connectivity index (χ0) is 23.8. The molecule has 0 radical (unpaired) electrons.